The van der Waals surface area contributed by atoms with Crippen LogP contribution in [0, 0.1) is 31.9 Å². The van der Waals surface area contributed by atoms with Gasteiger partial charge >= 0.3 is 11.4 Å². The molecule has 0 spiro atoms. The standard InChI is InChI=1S/C12H6F2N2O5/c13-7-3-2-6-10(11(7)16(19)20)21-12-8(14)4-1-5-9(12)15(17)18/h1-6H. The molecular weight excluding hydrogens is 290 g/mol. The van der Waals surface area contributed by atoms with Crippen molar-refractivity contribution in [2.45, 2.75) is 0 Å². The summed E-state index contributed by atoms with van der Waals surface area (Å²) in [6.45, 7) is 0. The van der Waals surface area contributed by atoms with E-state index in [1.54, 1.807) is 0 Å². The summed E-state index contributed by atoms with van der Waals surface area (Å²) in [5.74, 6) is -3.75. The van der Waals surface area contributed by atoms with Gasteiger partial charge in [-0.25, -0.2) is 4.39 Å². The lowest BCUT2D eigenvalue weighted by Gasteiger charge is -2.07. The topological polar surface area (TPSA) is 95.5 Å². The lowest BCUT2D eigenvalue weighted by atomic mass is 10.2. The Kier molecular flexibility index (Phi) is 3.74. The predicted octanol–water partition coefficient (Wildman–Crippen LogP) is 3.57. The van der Waals surface area contributed by atoms with Crippen LogP contribution in [0.5, 0.6) is 11.5 Å². The van der Waals surface area contributed by atoms with E-state index in [0.29, 0.717) is 0 Å². The first-order chi connectivity index (χ1) is 9.91. The highest BCUT2D eigenvalue weighted by Crippen LogP contribution is 2.38. The number of hydrogen-bond acceptors (Lipinski definition) is 5. The molecule has 0 aliphatic rings. The summed E-state index contributed by atoms with van der Waals surface area (Å²) in [4.78, 5) is 19.6. The van der Waals surface area contributed by atoms with E-state index in [1.165, 1.54) is 0 Å². The van der Waals surface area contributed by atoms with Crippen LogP contribution in [0.15, 0.2) is 36.4 Å². The van der Waals surface area contributed by atoms with Crippen molar-refractivity contribution in [2.24, 2.45) is 0 Å². The third-order valence-electron chi connectivity index (χ3n) is 2.49. The van der Waals surface area contributed by atoms with Crippen LogP contribution in [0.3, 0.4) is 0 Å². The molecule has 0 bridgehead atoms. The first-order valence-corrected chi connectivity index (χ1v) is 5.45. The molecule has 0 N–H and O–H groups in total. The summed E-state index contributed by atoms with van der Waals surface area (Å²) in [6, 6.07) is 5.86. The molecule has 0 atom stereocenters. The average Bonchev–Trinajstić information content (AvgIpc) is 2.40. The van der Waals surface area contributed by atoms with Crippen LogP contribution < -0.4 is 4.74 Å². The largest absolute Gasteiger partial charge is 0.440 e. The average molecular weight is 296 g/mol. The number of hydrogen-bond donors (Lipinski definition) is 0. The van der Waals surface area contributed by atoms with Crippen molar-refractivity contribution < 1.29 is 23.4 Å². The highest BCUT2D eigenvalue weighted by Gasteiger charge is 2.26. The zero-order valence-electron chi connectivity index (χ0n) is 10.2. The molecule has 0 heterocycles. The fraction of sp³-hybridized carbons (Fsp3) is 0. The predicted molar refractivity (Wildman–Crippen MR) is 66.2 cm³/mol. The Labute approximate surface area is 115 Å². The van der Waals surface area contributed by atoms with Crippen LogP contribution in [-0.4, -0.2) is 9.85 Å². The second-order valence-corrected chi connectivity index (χ2v) is 3.79. The van der Waals surface area contributed by atoms with Gasteiger partial charge in [-0.15, -0.1) is 0 Å². The maximum Gasteiger partial charge on any atom is 0.346 e. The zero-order chi connectivity index (χ0) is 15.6. The first kappa shape index (κ1) is 14.3. The van der Waals surface area contributed by atoms with E-state index >= 15 is 0 Å². The summed E-state index contributed by atoms with van der Waals surface area (Å²) in [6.07, 6.45) is 0. The number of ether oxygens (including phenoxy) is 1. The van der Waals surface area contributed by atoms with E-state index in [2.05, 4.69) is 0 Å². The van der Waals surface area contributed by atoms with E-state index in [4.69, 9.17) is 4.74 Å². The second-order valence-electron chi connectivity index (χ2n) is 3.79. The minimum atomic E-state index is -1.20. The number of nitro benzene ring substituents is 2. The molecule has 0 aliphatic heterocycles. The highest BCUT2D eigenvalue weighted by atomic mass is 19.1. The summed E-state index contributed by atoms with van der Waals surface area (Å²) in [5, 5.41) is 21.6. The van der Waals surface area contributed by atoms with Gasteiger partial charge in [0, 0.05) is 6.07 Å². The van der Waals surface area contributed by atoms with Gasteiger partial charge in [-0.2, -0.15) is 4.39 Å². The number of benzene rings is 2. The summed E-state index contributed by atoms with van der Waals surface area (Å²) in [7, 11) is 0. The van der Waals surface area contributed by atoms with Gasteiger partial charge in [0.15, 0.2) is 5.82 Å². The van der Waals surface area contributed by atoms with Crippen molar-refractivity contribution in [3.8, 4) is 11.5 Å². The fourth-order valence-electron chi connectivity index (χ4n) is 1.61. The maximum atomic E-state index is 13.6. The van der Waals surface area contributed by atoms with Crippen molar-refractivity contribution in [2.75, 3.05) is 0 Å². The Balaban J connectivity index is 2.56. The smallest absolute Gasteiger partial charge is 0.346 e. The van der Waals surface area contributed by atoms with Crippen LogP contribution >= 0.6 is 0 Å². The van der Waals surface area contributed by atoms with Crippen LogP contribution in [0.1, 0.15) is 0 Å². The third-order valence-corrected chi connectivity index (χ3v) is 2.49. The van der Waals surface area contributed by atoms with E-state index in [0.717, 1.165) is 36.4 Å². The number of nitrogens with zero attached hydrogens (tertiary/aromatic N) is 2. The molecule has 0 saturated heterocycles. The van der Waals surface area contributed by atoms with Gasteiger partial charge in [-0.3, -0.25) is 20.2 Å². The van der Waals surface area contributed by atoms with Crippen molar-refractivity contribution in [3.63, 3.8) is 0 Å². The Morgan fingerprint density at radius 1 is 0.905 bits per heavy atom. The van der Waals surface area contributed by atoms with E-state index in [9.17, 15) is 29.0 Å². The van der Waals surface area contributed by atoms with Gasteiger partial charge in [0.2, 0.25) is 17.3 Å². The Hall–Kier alpha value is -3.10. The van der Waals surface area contributed by atoms with Gasteiger partial charge in [0.25, 0.3) is 0 Å². The molecule has 7 nitrogen and oxygen atoms in total. The van der Waals surface area contributed by atoms with Crippen LogP contribution in [0.2, 0.25) is 0 Å². The second kappa shape index (κ2) is 5.49. The number of rotatable bonds is 4. The molecule has 0 fully saturated rings. The van der Waals surface area contributed by atoms with E-state index in [1.807, 2.05) is 0 Å². The summed E-state index contributed by atoms with van der Waals surface area (Å²) < 4.78 is 31.9. The zero-order valence-corrected chi connectivity index (χ0v) is 10.2. The van der Waals surface area contributed by atoms with Gasteiger partial charge < -0.3 is 4.74 Å². The Bertz CT molecular complexity index is 736. The fourth-order valence-corrected chi connectivity index (χ4v) is 1.61. The molecule has 2 rings (SSSR count). The molecule has 2 aromatic rings. The number of halogens is 2. The lowest BCUT2D eigenvalue weighted by molar-refractivity contribution is -0.389. The molecule has 9 heteroatoms. The van der Waals surface area contributed by atoms with E-state index in [-0.39, 0.29) is 0 Å². The molecule has 0 unspecified atom stereocenters. The van der Waals surface area contributed by atoms with Gasteiger partial charge in [-0.1, -0.05) is 12.1 Å². The van der Waals surface area contributed by atoms with Gasteiger partial charge in [0.05, 0.1) is 9.85 Å². The molecule has 2 aromatic carbocycles. The molecule has 0 aliphatic carbocycles. The van der Waals surface area contributed by atoms with E-state index < -0.39 is 44.4 Å². The quantitative estimate of drug-likeness (QED) is 0.634. The maximum absolute atomic E-state index is 13.6. The Morgan fingerprint density at radius 2 is 1.52 bits per heavy atom. The van der Waals surface area contributed by atoms with Crippen LogP contribution in [0.25, 0.3) is 0 Å². The molecule has 0 aromatic heterocycles. The minimum absolute atomic E-state index is 0.631. The molecular formula is C12H6F2N2O5. The molecule has 21 heavy (non-hydrogen) atoms. The van der Waals surface area contributed by atoms with Crippen molar-refractivity contribution >= 4 is 11.4 Å². The monoisotopic (exact) mass is 296 g/mol. The number of para-hydroxylation sites is 2. The normalized spacial score (nSPS) is 10.2. The molecule has 0 radical (unpaired) electrons. The SMILES string of the molecule is O=[N+]([O-])c1cccc(F)c1Oc1cccc(F)c1[N+](=O)[O-]. The minimum Gasteiger partial charge on any atom is -0.440 e. The van der Waals surface area contributed by atoms with Crippen LogP contribution in [0.4, 0.5) is 20.2 Å². The molecule has 0 saturated carbocycles. The Morgan fingerprint density at radius 3 is 2.14 bits per heavy atom. The lowest BCUT2D eigenvalue weighted by Crippen LogP contribution is -2.00. The third kappa shape index (κ3) is 2.76. The van der Waals surface area contributed by atoms with Crippen molar-refractivity contribution in [3.05, 3.63) is 68.3 Å². The highest BCUT2D eigenvalue weighted by molar-refractivity contribution is 5.54. The molecule has 0 amide bonds. The number of nitro groups is 2. The van der Waals surface area contributed by atoms with Gasteiger partial charge in [0.1, 0.15) is 0 Å². The van der Waals surface area contributed by atoms with Crippen LogP contribution in [-0.2, 0) is 0 Å². The summed E-state index contributed by atoms with van der Waals surface area (Å²) in [5.41, 5.74) is -1.76. The molecule has 108 valence electrons. The van der Waals surface area contributed by atoms with Crippen molar-refractivity contribution in [1.82, 2.24) is 0 Å². The van der Waals surface area contributed by atoms with Crippen molar-refractivity contribution in [1.29, 1.82) is 0 Å². The van der Waals surface area contributed by atoms with Gasteiger partial charge in [-0.05, 0) is 18.2 Å². The summed E-state index contributed by atoms with van der Waals surface area (Å²) >= 11 is 0. The first-order valence-electron chi connectivity index (χ1n) is 5.45.